The van der Waals surface area contributed by atoms with Crippen LogP contribution >= 0.6 is 0 Å². The largest absolute Gasteiger partial charge is 0.486 e. The van der Waals surface area contributed by atoms with Crippen LogP contribution in [0.5, 0.6) is 5.75 Å². The fraction of sp³-hybridized carbons (Fsp3) is 0.0714. The van der Waals surface area contributed by atoms with E-state index < -0.39 is 0 Å². The molecule has 2 aromatic rings. The predicted octanol–water partition coefficient (Wildman–Crippen LogP) is 2.69. The number of amidine groups is 1. The molecule has 0 aliphatic rings. The maximum Gasteiger partial charge on any atom is 0.165 e. The average molecular weight is 244 g/mol. The standard InChI is InChI=1S/C14H13FN2O/c15-12-3-1-2-4-13(12)18-9-10-5-7-11(8-6-10)14(16)17/h1-8H,9H2,(H3,16,17). The molecule has 0 aromatic heterocycles. The molecular formula is C14H13FN2O. The van der Waals surface area contributed by atoms with Gasteiger partial charge < -0.3 is 10.5 Å². The number of para-hydroxylation sites is 1. The summed E-state index contributed by atoms with van der Waals surface area (Å²) >= 11 is 0. The molecule has 0 amide bonds. The van der Waals surface area contributed by atoms with Gasteiger partial charge in [0.15, 0.2) is 11.6 Å². The lowest BCUT2D eigenvalue weighted by Gasteiger charge is -2.07. The first-order valence-electron chi connectivity index (χ1n) is 5.47. The molecule has 0 unspecified atom stereocenters. The van der Waals surface area contributed by atoms with Gasteiger partial charge in [0.2, 0.25) is 0 Å². The summed E-state index contributed by atoms with van der Waals surface area (Å²) in [4.78, 5) is 0. The Morgan fingerprint density at radius 3 is 2.39 bits per heavy atom. The number of ether oxygens (including phenoxy) is 1. The zero-order chi connectivity index (χ0) is 13.0. The minimum absolute atomic E-state index is 0.0246. The van der Waals surface area contributed by atoms with Crippen LogP contribution in [0.15, 0.2) is 48.5 Å². The molecule has 0 saturated heterocycles. The van der Waals surface area contributed by atoms with Crippen LogP contribution in [-0.2, 0) is 6.61 Å². The van der Waals surface area contributed by atoms with Crippen molar-refractivity contribution in [3.8, 4) is 5.75 Å². The Balaban J connectivity index is 2.02. The maximum atomic E-state index is 13.3. The average Bonchev–Trinajstić information content (AvgIpc) is 2.38. The van der Waals surface area contributed by atoms with Gasteiger partial charge in [-0.1, -0.05) is 36.4 Å². The van der Waals surface area contributed by atoms with Crippen molar-refractivity contribution in [1.29, 1.82) is 5.41 Å². The number of hydrogen-bond acceptors (Lipinski definition) is 2. The van der Waals surface area contributed by atoms with E-state index in [4.69, 9.17) is 15.9 Å². The zero-order valence-corrected chi connectivity index (χ0v) is 9.69. The Hall–Kier alpha value is -2.36. The molecule has 0 bridgehead atoms. The minimum atomic E-state index is -0.377. The van der Waals surface area contributed by atoms with Crippen molar-refractivity contribution in [2.45, 2.75) is 6.61 Å². The molecule has 4 heteroatoms. The molecule has 0 atom stereocenters. The van der Waals surface area contributed by atoms with E-state index in [-0.39, 0.29) is 24.0 Å². The van der Waals surface area contributed by atoms with Crippen LogP contribution in [-0.4, -0.2) is 5.84 Å². The quantitative estimate of drug-likeness (QED) is 0.641. The van der Waals surface area contributed by atoms with Gasteiger partial charge in [-0.3, -0.25) is 5.41 Å². The van der Waals surface area contributed by atoms with Crippen molar-refractivity contribution >= 4 is 5.84 Å². The van der Waals surface area contributed by atoms with E-state index in [1.807, 2.05) is 0 Å². The fourth-order valence-corrected chi connectivity index (χ4v) is 1.50. The molecule has 0 radical (unpaired) electrons. The Morgan fingerprint density at radius 2 is 1.78 bits per heavy atom. The number of rotatable bonds is 4. The Kier molecular flexibility index (Phi) is 3.57. The number of halogens is 1. The molecule has 0 aliphatic carbocycles. The van der Waals surface area contributed by atoms with Crippen LogP contribution in [0.4, 0.5) is 4.39 Å². The summed E-state index contributed by atoms with van der Waals surface area (Å²) in [5, 5.41) is 7.27. The van der Waals surface area contributed by atoms with Crippen LogP contribution in [0.2, 0.25) is 0 Å². The van der Waals surface area contributed by atoms with Gasteiger partial charge in [0.1, 0.15) is 12.4 Å². The molecule has 2 aromatic carbocycles. The number of benzene rings is 2. The van der Waals surface area contributed by atoms with E-state index in [0.717, 1.165) is 5.56 Å². The maximum absolute atomic E-state index is 13.3. The van der Waals surface area contributed by atoms with E-state index in [0.29, 0.717) is 5.56 Å². The molecule has 0 aliphatic heterocycles. The second-order valence-corrected chi connectivity index (χ2v) is 3.83. The summed E-state index contributed by atoms with van der Waals surface area (Å²) in [7, 11) is 0. The van der Waals surface area contributed by atoms with E-state index in [1.165, 1.54) is 6.07 Å². The lowest BCUT2D eigenvalue weighted by Crippen LogP contribution is -2.10. The summed E-state index contributed by atoms with van der Waals surface area (Å²) in [6, 6.07) is 13.4. The number of nitrogens with one attached hydrogen (secondary N) is 1. The number of hydrogen-bond donors (Lipinski definition) is 2. The van der Waals surface area contributed by atoms with Gasteiger partial charge in [0.05, 0.1) is 0 Å². The van der Waals surface area contributed by atoms with Crippen LogP contribution in [0, 0.1) is 11.2 Å². The summed E-state index contributed by atoms with van der Waals surface area (Å²) < 4.78 is 18.7. The first-order valence-corrected chi connectivity index (χ1v) is 5.47. The van der Waals surface area contributed by atoms with Gasteiger partial charge in [-0.25, -0.2) is 4.39 Å². The normalized spacial score (nSPS) is 10.1. The van der Waals surface area contributed by atoms with Gasteiger partial charge >= 0.3 is 0 Å². The third-order valence-electron chi connectivity index (χ3n) is 2.50. The van der Waals surface area contributed by atoms with Crippen LogP contribution < -0.4 is 10.5 Å². The van der Waals surface area contributed by atoms with Crippen molar-refractivity contribution in [3.63, 3.8) is 0 Å². The first kappa shape index (κ1) is 12.1. The molecule has 0 spiro atoms. The highest BCUT2D eigenvalue weighted by atomic mass is 19.1. The fourth-order valence-electron chi connectivity index (χ4n) is 1.50. The number of nitrogens with two attached hydrogens (primary N) is 1. The minimum Gasteiger partial charge on any atom is -0.486 e. The topological polar surface area (TPSA) is 59.1 Å². The van der Waals surface area contributed by atoms with Gasteiger partial charge in [0, 0.05) is 5.56 Å². The molecular weight excluding hydrogens is 231 g/mol. The SMILES string of the molecule is N=C(N)c1ccc(COc2ccccc2F)cc1. The smallest absolute Gasteiger partial charge is 0.165 e. The number of nitrogen functional groups attached to an aromatic ring is 1. The molecule has 0 heterocycles. The summed E-state index contributed by atoms with van der Waals surface area (Å²) in [5.74, 6) is -0.123. The molecule has 0 fully saturated rings. The molecule has 3 N–H and O–H groups in total. The van der Waals surface area contributed by atoms with Crippen LogP contribution in [0.1, 0.15) is 11.1 Å². The van der Waals surface area contributed by atoms with Crippen molar-refractivity contribution in [1.82, 2.24) is 0 Å². The molecule has 0 saturated carbocycles. The molecule has 3 nitrogen and oxygen atoms in total. The summed E-state index contributed by atoms with van der Waals surface area (Å²) in [5.41, 5.74) is 6.90. The lowest BCUT2D eigenvalue weighted by molar-refractivity contribution is 0.290. The zero-order valence-electron chi connectivity index (χ0n) is 9.69. The van der Waals surface area contributed by atoms with Crippen LogP contribution in [0.25, 0.3) is 0 Å². The second kappa shape index (κ2) is 5.31. The third kappa shape index (κ3) is 2.85. The first-order chi connectivity index (χ1) is 8.66. The highest BCUT2D eigenvalue weighted by molar-refractivity contribution is 5.94. The van der Waals surface area contributed by atoms with E-state index in [1.54, 1.807) is 42.5 Å². The second-order valence-electron chi connectivity index (χ2n) is 3.83. The Morgan fingerprint density at radius 1 is 1.11 bits per heavy atom. The van der Waals surface area contributed by atoms with Crippen molar-refractivity contribution in [2.75, 3.05) is 0 Å². The highest BCUT2D eigenvalue weighted by Crippen LogP contribution is 2.17. The monoisotopic (exact) mass is 244 g/mol. The third-order valence-corrected chi connectivity index (χ3v) is 2.50. The van der Waals surface area contributed by atoms with Crippen molar-refractivity contribution < 1.29 is 9.13 Å². The van der Waals surface area contributed by atoms with Crippen LogP contribution in [0.3, 0.4) is 0 Å². The summed E-state index contributed by atoms with van der Waals surface area (Å²) in [6.45, 7) is 0.277. The molecule has 18 heavy (non-hydrogen) atoms. The highest BCUT2D eigenvalue weighted by Gasteiger charge is 2.02. The Labute approximate surface area is 105 Å². The van der Waals surface area contributed by atoms with Gasteiger partial charge in [0.25, 0.3) is 0 Å². The van der Waals surface area contributed by atoms with Gasteiger partial charge in [-0.15, -0.1) is 0 Å². The predicted molar refractivity (Wildman–Crippen MR) is 68.2 cm³/mol. The lowest BCUT2D eigenvalue weighted by atomic mass is 10.1. The van der Waals surface area contributed by atoms with Crippen molar-refractivity contribution in [3.05, 3.63) is 65.5 Å². The summed E-state index contributed by atoms with van der Waals surface area (Å²) in [6.07, 6.45) is 0. The van der Waals surface area contributed by atoms with Gasteiger partial charge in [-0.2, -0.15) is 0 Å². The van der Waals surface area contributed by atoms with Crippen molar-refractivity contribution in [2.24, 2.45) is 5.73 Å². The van der Waals surface area contributed by atoms with Gasteiger partial charge in [-0.05, 0) is 17.7 Å². The molecule has 2 rings (SSSR count). The van der Waals surface area contributed by atoms with E-state index in [2.05, 4.69) is 0 Å². The van der Waals surface area contributed by atoms with E-state index >= 15 is 0 Å². The molecule has 92 valence electrons. The Bertz CT molecular complexity index is 552. The van der Waals surface area contributed by atoms with E-state index in [9.17, 15) is 4.39 Å².